The predicted octanol–water partition coefficient (Wildman–Crippen LogP) is 3.99. The molecule has 0 bridgehead atoms. The first-order valence-electron chi connectivity index (χ1n) is 7.61. The van der Waals surface area contributed by atoms with Crippen molar-refractivity contribution in [1.29, 1.82) is 0 Å². The van der Waals surface area contributed by atoms with E-state index in [1.807, 2.05) is 37.3 Å². The molecule has 1 aromatic carbocycles. The van der Waals surface area contributed by atoms with Gasteiger partial charge in [0.05, 0.1) is 5.71 Å². The number of nitrogens with one attached hydrogen (secondary N) is 1. The number of amides is 1. The molecule has 2 aromatic rings. The quantitative estimate of drug-likeness (QED) is 0.650. The average Bonchev–Trinajstić information content (AvgIpc) is 2.83. The number of furan rings is 1. The molecule has 0 saturated heterocycles. The van der Waals surface area contributed by atoms with Gasteiger partial charge in [-0.2, -0.15) is 0 Å². The second-order valence-electron chi connectivity index (χ2n) is 6.74. The van der Waals surface area contributed by atoms with Crippen LogP contribution in [-0.2, 0) is 6.42 Å². The molecule has 5 heteroatoms. The maximum atomic E-state index is 12.5. The Bertz CT molecular complexity index is 773. The van der Waals surface area contributed by atoms with Crippen molar-refractivity contribution in [3.05, 3.63) is 53.0 Å². The van der Waals surface area contributed by atoms with Gasteiger partial charge in [0.1, 0.15) is 5.76 Å². The minimum atomic E-state index is -0.293. The van der Waals surface area contributed by atoms with Crippen LogP contribution in [0.2, 0.25) is 0 Å². The molecule has 0 atom stereocenters. The Kier molecular flexibility index (Phi) is 3.72. The zero-order valence-corrected chi connectivity index (χ0v) is 13.5. The van der Waals surface area contributed by atoms with E-state index in [0.717, 1.165) is 11.1 Å². The van der Waals surface area contributed by atoms with E-state index in [-0.39, 0.29) is 17.1 Å². The molecule has 0 radical (unpaired) electrons. The summed E-state index contributed by atoms with van der Waals surface area (Å²) in [5, 5.41) is 15.6. The molecule has 0 unspecified atom stereocenters. The molecule has 0 saturated carbocycles. The minimum Gasteiger partial charge on any atom is -0.455 e. The van der Waals surface area contributed by atoms with Gasteiger partial charge in [-0.15, -0.1) is 0 Å². The van der Waals surface area contributed by atoms with Crippen molar-refractivity contribution in [2.75, 3.05) is 5.32 Å². The lowest BCUT2D eigenvalue weighted by Crippen LogP contribution is -2.27. The Morgan fingerprint density at radius 2 is 1.96 bits per heavy atom. The van der Waals surface area contributed by atoms with Crippen molar-refractivity contribution in [3.8, 4) is 0 Å². The summed E-state index contributed by atoms with van der Waals surface area (Å²) in [4.78, 5) is 12.5. The van der Waals surface area contributed by atoms with Gasteiger partial charge in [-0.3, -0.25) is 4.79 Å². The molecule has 5 nitrogen and oxygen atoms in total. The third-order valence-electron chi connectivity index (χ3n) is 4.15. The predicted molar refractivity (Wildman–Crippen MR) is 88.3 cm³/mol. The zero-order chi connectivity index (χ0) is 16.6. The maximum Gasteiger partial charge on any atom is 0.291 e. The van der Waals surface area contributed by atoms with E-state index in [1.165, 1.54) is 0 Å². The Balaban J connectivity index is 1.97. The van der Waals surface area contributed by atoms with E-state index in [4.69, 9.17) is 4.42 Å². The van der Waals surface area contributed by atoms with Gasteiger partial charge < -0.3 is 14.9 Å². The highest BCUT2D eigenvalue weighted by Gasteiger charge is 2.36. The highest BCUT2D eigenvalue weighted by molar-refractivity contribution is 6.09. The van der Waals surface area contributed by atoms with Crippen molar-refractivity contribution < 1.29 is 14.4 Å². The number of para-hydroxylation sites is 1. The first-order chi connectivity index (χ1) is 10.9. The molecule has 1 aliphatic carbocycles. The second-order valence-corrected chi connectivity index (χ2v) is 6.74. The SMILES string of the molecule is Cc1c(C(=O)Nc2ccccc2)oc2c1/C(=N\O)CC(C)(C)C2. The first kappa shape index (κ1) is 15.3. The number of nitrogens with zero attached hydrogens (tertiary/aromatic N) is 1. The highest BCUT2D eigenvalue weighted by atomic mass is 16.4. The smallest absolute Gasteiger partial charge is 0.291 e. The highest BCUT2D eigenvalue weighted by Crippen LogP contribution is 2.38. The van der Waals surface area contributed by atoms with Crippen molar-refractivity contribution in [3.63, 3.8) is 0 Å². The molecule has 120 valence electrons. The Labute approximate surface area is 135 Å². The van der Waals surface area contributed by atoms with Crippen molar-refractivity contribution in [2.45, 2.75) is 33.6 Å². The molecule has 3 rings (SSSR count). The Hall–Kier alpha value is -2.56. The van der Waals surface area contributed by atoms with Gasteiger partial charge in [0, 0.05) is 23.2 Å². The summed E-state index contributed by atoms with van der Waals surface area (Å²) >= 11 is 0. The number of fused-ring (bicyclic) bond motifs is 1. The van der Waals surface area contributed by atoms with Crippen molar-refractivity contribution >= 4 is 17.3 Å². The number of carbonyl (C=O) groups excluding carboxylic acids is 1. The molecule has 2 N–H and O–H groups in total. The standard InChI is InChI=1S/C18H20N2O3/c1-11-15-13(20-22)9-18(2,3)10-14(15)23-16(11)17(21)19-12-7-5-4-6-8-12/h4-8,22H,9-10H2,1-3H3,(H,19,21)/b20-13-. The Morgan fingerprint density at radius 3 is 2.61 bits per heavy atom. The lowest BCUT2D eigenvalue weighted by atomic mass is 9.75. The summed E-state index contributed by atoms with van der Waals surface area (Å²) in [5.41, 5.74) is 2.71. The molecule has 0 aliphatic heterocycles. The lowest BCUT2D eigenvalue weighted by molar-refractivity contribution is 0.0993. The molecule has 1 amide bonds. The summed E-state index contributed by atoms with van der Waals surface area (Å²) in [5.74, 6) is 0.695. The van der Waals surface area contributed by atoms with Crippen molar-refractivity contribution in [1.82, 2.24) is 0 Å². The third kappa shape index (κ3) is 2.86. The fourth-order valence-corrected chi connectivity index (χ4v) is 3.13. The largest absolute Gasteiger partial charge is 0.455 e. The van der Waals surface area contributed by atoms with E-state index in [1.54, 1.807) is 0 Å². The molecular formula is C18H20N2O3. The second kappa shape index (κ2) is 5.57. The summed E-state index contributed by atoms with van der Waals surface area (Å²) in [6, 6.07) is 9.24. The fraction of sp³-hybridized carbons (Fsp3) is 0.333. The van der Waals surface area contributed by atoms with Crippen molar-refractivity contribution in [2.24, 2.45) is 10.6 Å². The number of oxime groups is 1. The number of hydrogen-bond donors (Lipinski definition) is 2. The molecule has 0 fully saturated rings. The van der Waals surface area contributed by atoms with E-state index in [2.05, 4.69) is 24.3 Å². The third-order valence-corrected chi connectivity index (χ3v) is 4.15. The van der Waals surface area contributed by atoms with Crippen LogP contribution < -0.4 is 5.32 Å². The van der Waals surface area contributed by atoms with Crippen LogP contribution in [0.5, 0.6) is 0 Å². The molecule has 0 spiro atoms. The minimum absolute atomic E-state index is 0.0635. The number of hydrogen-bond acceptors (Lipinski definition) is 4. The molecule has 23 heavy (non-hydrogen) atoms. The summed E-state index contributed by atoms with van der Waals surface area (Å²) in [6.07, 6.45) is 1.36. The summed E-state index contributed by atoms with van der Waals surface area (Å²) in [7, 11) is 0. The van der Waals surface area contributed by atoms with Crippen LogP contribution in [-0.4, -0.2) is 16.8 Å². The number of rotatable bonds is 2. The van der Waals surface area contributed by atoms with Gasteiger partial charge in [-0.1, -0.05) is 37.2 Å². The van der Waals surface area contributed by atoms with Crippen LogP contribution in [0.15, 0.2) is 39.9 Å². The van der Waals surface area contributed by atoms with E-state index in [9.17, 15) is 10.0 Å². The Morgan fingerprint density at radius 1 is 1.26 bits per heavy atom. The summed E-state index contributed by atoms with van der Waals surface area (Å²) < 4.78 is 5.83. The topological polar surface area (TPSA) is 74.8 Å². The zero-order valence-electron chi connectivity index (χ0n) is 13.5. The van der Waals surface area contributed by atoms with Crippen LogP contribution >= 0.6 is 0 Å². The van der Waals surface area contributed by atoms with Crippen LogP contribution in [0.3, 0.4) is 0 Å². The monoisotopic (exact) mass is 312 g/mol. The first-order valence-corrected chi connectivity index (χ1v) is 7.61. The molecule has 1 heterocycles. The van der Waals surface area contributed by atoms with E-state index >= 15 is 0 Å². The lowest BCUT2D eigenvalue weighted by Gasteiger charge is -2.28. The van der Waals surface area contributed by atoms with Gasteiger partial charge in [0.2, 0.25) is 0 Å². The van der Waals surface area contributed by atoms with E-state index < -0.39 is 0 Å². The van der Waals surface area contributed by atoms with Gasteiger partial charge >= 0.3 is 0 Å². The van der Waals surface area contributed by atoms with Crippen LogP contribution in [0.4, 0.5) is 5.69 Å². The number of carbonyl (C=O) groups is 1. The van der Waals surface area contributed by atoms with Crippen LogP contribution in [0, 0.1) is 12.3 Å². The molecule has 1 aliphatic rings. The van der Waals surface area contributed by atoms with Gasteiger partial charge in [-0.25, -0.2) is 0 Å². The molecule has 1 aromatic heterocycles. The van der Waals surface area contributed by atoms with Crippen LogP contribution in [0.1, 0.15) is 47.7 Å². The number of benzene rings is 1. The average molecular weight is 312 g/mol. The van der Waals surface area contributed by atoms with Gasteiger partial charge in [0.25, 0.3) is 5.91 Å². The maximum absolute atomic E-state index is 12.5. The van der Waals surface area contributed by atoms with Crippen LogP contribution in [0.25, 0.3) is 0 Å². The van der Waals surface area contributed by atoms with Gasteiger partial charge in [-0.05, 0) is 30.9 Å². The molecular weight excluding hydrogens is 292 g/mol. The fourth-order valence-electron chi connectivity index (χ4n) is 3.13. The van der Waals surface area contributed by atoms with E-state index in [0.29, 0.717) is 30.0 Å². The van der Waals surface area contributed by atoms with Gasteiger partial charge in [0.15, 0.2) is 5.76 Å². The normalized spacial score (nSPS) is 17.8. The summed E-state index contributed by atoms with van der Waals surface area (Å²) in [6.45, 7) is 6.00. The number of anilines is 1.